The minimum absolute atomic E-state index is 0.112. The zero-order valence-corrected chi connectivity index (χ0v) is 15.5. The Balaban J connectivity index is 1.62. The molecule has 0 bridgehead atoms. The predicted octanol–water partition coefficient (Wildman–Crippen LogP) is 5.28. The summed E-state index contributed by atoms with van der Waals surface area (Å²) < 4.78 is 0. The van der Waals surface area contributed by atoms with Gasteiger partial charge in [0.1, 0.15) is 5.75 Å². The number of hydrogen-bond acceptors (Lipinski definition) is 2. The van der Waals surface area contributed by atoms with Crippen LogP contribution in [0.4, 0.5) is 0 Å². The van der Waals surface area contributed by atoms with Gasteiger partial charge in [0, 0.05) is 0 Å². The summed E-state index contributed by atoms with van der Waals surface area (Å²) in [5, 5.41) is 20.7. The first kappa shape index (κ1) is 16.4. The van der Waals surface area contributed by atoms with Crippen molar-refractivity contribution >= 4 is 0 Å². The monoisotopic (exact) mass is 348 g/mol. The molecule has 5 rings (SSSR count). The molecule has 0 unspecified atom stereocenters. The van der Waals surface area contributed by atoms with E-state index in [0.29, 0.717) is 28.9 Å². The van der Waals surface area contributed by atoms with Crippen molar-refractivity contribution in [2.75, 3.05) is 0 Å². The molecule has 2 heteroatoms. The first-order valence-corrected chi connectivity index (χ1v) is 10.1. The van der Waals surface area contributed by atoms with Crippen molar-refractivity contribution in [3.63, 3.8) is 0 Å². The van der Waals surface area contributed by atoms with E-state index in [9.17, 15) is 10.2 Å². The Hall–Kier alpha value is -1.80. The molecule has 2 N–H and O–H groups in total. The summed E-state index contributed by atoms with van der Waals surface area (Å²) in [6.45, 7) is 2.41. The van der Waals surface area contributed by atoms with E-state index in [0.717, 1.165) is 19.3 Å². The highest BCUT2D eigenvalue weighted by Gasteiger charge is 2.53. The molecule has 3 aliphatic rings. The average Bonchev–Trinajstić information content (AvgIpc) is 2.95. The van der Waals surface area contributed by atoms with Crippen LogP contribution in [0.3, 0.4) is 0 Å². The molecule has 0 amide bonds. The summed E-state index contributed by atoms with van der Waals surface area (Å²) >= 11 is 0. The fourth-order valence-electron chi connectivity index (χ4n) is 6.59. The highest BCUT2D eigenvalue weighted by Crippen LogP contribution is 2.61. The van der Waals surface area contributed by atoms with Crippen LogP contribution < -0.4 is 0 Å². The van der Waals surface area contributed by atoms with Crippen LogP contribution in [0.5, 0.6) is 5.75 Å². The second-order valence-electron chi connectivity index (χ2n) is 9.13. The van der Waals surface area contributed by atoms with E-state index in [2.05, 4.69) is 31.2 Å². The number of hydrogen-bond donors (Lipinski definition) is 2. The van der Waals surface area contributed by atoms with E-state index < -0.39 is 0 Å². The van der Waals surface area contributed by atoms with E-state index in [4.69, 9.17) is 0 Å². The minimum atomic E-state index is -0.112. The summed E-state index contributed by atoms with van der Waals surface area (Å²) in [4.78, 5) is 0. The van der Waals surface area contributed by atoms with Crippen molar-refractivity contribution in [3.05, 3.63) is 53.6 Å². The van der Waals surface area contributed by atoms with Gasteiger partial charge < -0.3 is 10.2 Å². The predicted molar refractivity (Wildman–Crippen MR) is 104 cm³/mol. The van der Waals surface area contributed by atoms with E-state index in [1.165, 1.54) is 41.5 Å². The number of aliphatic hydroxyl groups is 1. The van der Waals surface area contributed by atoms with Gasteiger partial charge in [-0.05, 0) is 96.1 Å². The van der Waals surface area contributed by atoms with Crippen LogP contribution in [-0.4, -0.2) is 16.3 Å². The number of aryl methyl sites for hydroxylation is 1. The largest absolute Gasteiger partial charge is 0.508 e. The van der Waals surface area contributed by atoms with Gasteiger partial charge in [0.2, 0.25) is 0 Å². The lowest BCUT2D eigenvalue weighted by Crippen LogP contribution is -2.39. The van der Waals surface area contributed by atoms with Crippen LogP contribution in [0.25, 0.3) is 11.1 Å². The van der Waals surface area contributed by atoms with Crippen molar-refractivity contribution in [2.45, 2.75) is 57.5 Å². The number of aromatic hydroxyl groups is 1. The lowest BCUT2D eigenvalue weighted by atomic mass is 9.55. The van der Waals surface area contributed by atoms with E-state index >= 15 is 0 Å². The van der Waals surface area contributed by atoms with Gasteiger partial charge in [0.15, 0.2) is 0 Å². The Morgan fingerprint density at radius 1 is 1.08 bits per heavy atom. The van der Waals surface area contributed by atoms with Crippen LogP contribution in [0.2, 0.25) is 0 Å². The van der Waals surface area contributed by atoms with Crippen LogP contribution in [0.1, 0.15) is 56.1 Å². The van der Waals surface area contributed by atoms with Crippen LogP contribution in [0, 0.1) is 17.3 Å². The molecule has 2 fully saturated rings. The molecule has 0 saturated heterocycles. The Bertz CT molecular complexity index is 828. The summed E-state index contributed by atoms with van der Waals surface area (Å²) in [6, 6.07) is 14.5. The summed E-state index contributed by atoms with van der Waals surface area (Å²) in [5.74, 6) is 2.27. The summed E-state index contributed by atoms with van der Waals surface area (Å²) in [6.07, 6.45) is 6.52. The molecule has 136 valence electrons. The van der Waals surface area contributed by atoms with E-state index in [1.807, 2.05) is 18.2 Å². The average molecular weight is 348 g/mol. The number of rotatable bonds is 1. The molecule has 26 heavy (non-hydrogen) atoms. The molecule has 5 atom stereocenters. The van der Waals surface area contributed by atoms with Gasteiger partial charge in [-0.2, -0.15) is 0 Å². The van der Waals surface area contributed by atoms with Gasteiger partial charge in [0.25, 0.3) is 0 Å². The molecule has 0 radical (unpaired) electrons. The quantitative estimate of drug-likeness (QED) is 0.736. The van der Waals surface area contributed by atoms with Gasteiger partial charge >= 0.3 is 0 Å². The molecule has 3 aliphatic carbocycles. The van der Waals surface area contributed by atoms with Gasteiger partial charge in [-0.15, -0.1) is 0 Å². The number of phenolic OH excluding ortho intramolecular Hbond substituents is 1. The topological polar surface area (TPSA) is 40.5 Å². The van der Waals surface area contributed by atoms with Crippen molar-refractivity contribution < 1.29 is 10.2 Å². The Morgan fingerprint density at radius 3 is 2.69 bits per heavy atom. The molecular weight excluding hydrogens is 320 g/mol. The molecular formula is C24H28O2. The van der Waals surface area contributed by atoms with Crippen molar-refractivity contribution in [2.24, 2.45) is 17.3 Å². The van der Waals surface area contributed by atoms with Crippen LogP contribution >= 0.6 is 0 Å². The third-order valence-electron chi connectivity index (χ3n) is 7.64. The van der Waals surface area contributed by atoms with Gasteiger partial charge in [-0.3, -0.25) is 0 Å². The van der Waals surface area contributed by atoms with Gasteiger partial charge in [-0.25, -0.2) is 0 Å². The van der Waals surface area contributed by atoms with Crippen LogP contribution in [-0.2, 0) is 6.42 Å². The molecule has 0 spiro atoms. The second-order valence-corrected chi connectivity index (χ2v) is 9.13. The fourth-order valence-corrected chi connectivity index (χ4v) is 6.59. The Morgan fingerprint density at radius 2 is 1.88 bits per heavy atom. The van der Waals surface area contributed by atoms with Crippen molar-refractivity contribution in [1.82, 2.24) is 0 Å². The molecule has 0 heterocycles. The van der Waals surface area contributed by atoms with Crippen molar-refractivity contribution in [3.8, 4) is 16.9 Å². The third-order valence-corrected chi connectivity index (χ3v) is 7.64. The molecule has 2 nitrogen and oxygen atoms in total. The Kier molecular flexibility index (Phi) is 3.69. The third kappa shape index (κ3) is 2.42. The normalized spacial score (nSPS) is 35.5. The smallest absolute Gasteiger partial charge is 0.116 e. The van der Waals surface area contributed by atoms with Crippen molar-refractivity contribution in [1.29, 1.82) is 0 Å². The lowest BCUT2D eigenvalue weighted by Gasteiger charge is -2.49. The highest BCUT2D eigenvalue weighted by molar-refractivity contribution is 5.72. The first-order valence-electron chi connectivity index (χ1n) is 10.1. The first-order chi connectivity index (χ1) is 12.5. The van der Waals surface area contributed by atoms with E-state index in [1.54, 1.807) is 0 Å². The summed E-state index contributed by atoms with van der Waals surface area (Å²) in [5.41, 5.74) is 5.57. The van der Waals surface area contributed by atoms with E-state index in [-0.39, 0.29) is 6.10 Å². The molecule has 0 aliphatic heterocycles. The lowest BCUT2D eigenvalue weighted by molar-refractivity contribution is 0.0597. The maximum atomic E-state index is 10.3. The zero-order chi connectivity index (χ0) is 17.9. The SMILES string of the molecule is C[C@]12CC[C@@H]3c4c(cc(O)cc4-c4ccccc4)CC[C@H]3[C@@H]1C[C@H](O)C2. The maximum Gasteiger partial charge on any atom is 0.116 e. The second kappa shape index (κ2) is 5.85. The molecule has 0 aromatic heterocycles. The number of benzene rings is 2. The fraction of sp³-hybridized carbons (Fsp3) is 0.500. The number of phenols is 1. The van der Waals surface area contributed by atoms with Crippen LogP contribution in [0.15, 0.2) is 42.5 Å². The Labute approximate surface area is 155 Å². The standard InChI is InChI=1S/C24H28O2/c1-24-10-9-20-19(22(24)13-18(26)14-24)8-7-16-11-17(25)12-21(23(16)20)15-5-3-2-4-6-15/h2-6,11-12,18-20,22,25-26H,7-10,13-14H2,1H3/t18-,19+,20-,22-,24+/m0/s1. The highest BCUT2D eigenvalue weighted by atomic mass is 16.3. The zero-order valence-electron chi connectivity index (χ0n) is 15.5. The minimum Gasteiger partial charge on any atom is -0.508 e. The summed E-state index contributed by atoms with van der Waals surface area (Å²) in [7, 11) is 0. The van der Waals surface area contributed by atoms with Gasteiger partial charge in [-0.1, -0.05) is 37.3 Å². The number of fused-ring (bicyclic) bond motifs is 5. The number of aliphatic hydroxyl groups excluding tert-OH is 1. The molecule has 2 saturated carbocycles. The van der Waals surface area contributed by atoms with Gasteiger partial charge in [0.05, 0.1) is 6.10 Å². The molecule has 2 aromatic carbocycles. The molecule has 2 aromatic rings. The maximum absolute atomic E-state index is 10.3.